The number of hydrogen-bond acceptors (Lipinski definition) is 5. The van der Waals surface area contributed by atoms with E-state index in [0.717, 1.165) is 68.6 Å². The standard InChI is InChI=1S/C25H36N6O/c1-2-29-15-17-30(18-16-29)23-10-6-5-9-22(23)28-25(32)27-20-21-11-12-24(26-19-21)31-13-7-3-4-8-14-31/h5-6,9-12,19H,2-4,7-8,13-18,20H2,1H3,(H2,27,28,32). The number of rotatable bonds is 6. The Balaban J connectivity index is 1.30. The van der Waals surface area contributed by atoms with Crippen LogP contribution in [0.25, 0.3) is 0 Å². The second-order valence-corrected chi connectivity index (χ2v) is 8.67. The normalized spacial score (nSPS) is 17.7. The molecule has 2 N–H and O–H groups in total. The molecule has 7 nitrogen and oxygen atoms in total. The Kier molecular flexibility index (Phi) is 7.82. The van der Waals surface area contributed by atoms with Crippen molar-refractivity contribution in [3.8, 4) is 0 Å². The Labute approximate surface area is 191 Å². The molecule has 1 aromatic carbocycles. The van der Waals surface area contributed by atoms with Crippen LogP contribution < -0.4 is 20.4 Å². The molecule has 0 saturated carbocycles. The van der Waals surface area contributed by atoms with E-state index in [-0.39, 0.29) is 6.03 Å². The van der Waals surface area contributed by atoms with E-state index in [1.165, 1.54) is 25.7 Å². The van der Waals surface area contributed by atoms with Gasteiger partial charge in [-0.15, -0.1) is 0 Å². The molecule has 2 saturated heterocycles. The first kappa shape index (κ1) is 22.4. The Morgan fingerprint density at radius 2 is 1.66 bits per heavy atom. The maximum atomic E-state index is 12.6. The summed E-state index contributed by atoms with van der Waals surface area (Å²) in [7, 11) is 0. The second-order valence-electron chi connectivity index (χ2n) is 8.67. The number of para-hydroxylation sites is 2. The Morgan fingerprint density at radius 1 is 0.906 bits per heavy atom. The highest BCUT2D eigenvalue weighted by Crippen LogP contribution is 2.26. The van der Waals surface area contributed by atoms with Gasteiger partial charge in [-0.2, -0.15) is 0 Å². The minimum absolute atomic E-state index is 0.193. The lowest BCUT2D eigenvalue weighted by Gasteiger charge is -2.36. The fraction of sp³-hybridized carbons (Fsp3) is 0.520. The highest BCUT2D eigenvalue weighted by atomic mass is 16.2. The number of amides is 2. The Hall–Kier alpha value is -2.80. The van der Waals surface area contributed by atoms with Gasteiger partial charge in [0.25, 0.3) is 0 Å². The molecule has 2 fully saturated rings. The van der Waals surface area contributed by atoms with Crippen molar-refractivity contribution in [2.45, 2.75) is 39.2 Å². The van der Waals surface area contributed by atoms with Gasteiger partial charge in [-0.25, -0.2) is 9.78 Å². The predicted octanol–water partition coefficient (Wildman–Crippen LogP) is 3.93. The van der Waals surface area contributed by atoms with Gasteiger partial charge in [0.05, 0.1) is 11.4 Å². The number of anilines is 3. The lowest BCUT2D eigenvalue weighted by Crippen LogP contribution is -2.46. The molecule has 2 aliphatic rings. The molecule has 172 valence electrons. The smallest absolute Gasteiger partial charge is 0.319 e. The minimum Gasteiger partial charge on any atom is -0.367 e. The van der Waals surface area contributed by atoms with E-state index in [9.17, 15) is 4.79 Å². The van der Waals surface area contributed by atoms with Crippen LogP contribution in [0.1, 0.15) is 38.2 Å². The molecule has 0 radical (unpaired) electrons. The number of carbonyl (C=O) groups excluding carboxylic acids is 1. The summed E-state index contributed by atoms with van der Waals surface area (Å²) in [6.07, 6.45) is 6.97. The van der Waals surface area contributed by atoms with Crippen LogP contribution in [-0.4, -0.2) is 61.7 Å². The Bertz CT molecular complexity index is 855. The number of nitrogens with one attached hydrogen (secondary N) is 2. The molecule has 0 atom stereocenters. The van der Waals surface area contributed by atoms with Gasteiger partial charge in [0.2, 0.25) is 0 Å². The van der Waals surface area contributed by atoms with Crippen molar-refractivity contribution in [3.05, 3.63) is 48.2 Å². The summed E-state index contributed by atoms with van der Waals surface area (Å²) in [4.78, 5) is 24.4. The lowest BCUT2D eigenvalue weighted by atomic mass is 10.2. The van der Waals surface area contributed by atoms with Gasteiger partial charge in [-0.05, 0) is 43.1 Å². The topological polar surface area (TPSA) is 63.7 Å². The molecule has 4 rings (SSSR count). The number of hydrogen-bond donors (Lipinski definition) is 2. The molecule has 32 heavy (non-hydrogen) atoms. The van der Waals surface area contributed by atoms with Crippen molar-refractivity contribution in [3.63, 3.8) is 0 Å². The van der Waals surface area contributed by atoms with E-state index < -0.39 is 0 Å². The average molecular weight is 437 g/mol. The van der Waals surface area contributed by atoms with Gasteiger partial charge in [-0.3, -0.25) is 0 Å². The highest BCUT2D eigenvalue weighted by Gasteiger charge is 2.19. The molecule has 0 unspecified atom stereocenters. The van der Waals surface area contributed by atoms with Gasteiger partial charge in [0.1, 0.15) is 5.82 Å². The van der Waals surface area contributed by atoms with Crippen molar-refractivity contribution in [1.29, 1.82) is 0 Å². The average Bonchev–Trinajstić information content (AvgIpc) is 3.13. The highest BCUT2D eigenvalue weighted by molar-refractivity contribution is 5.93. The molecule has 2 aromatic rings. The molecule has 7 heteroatoms. The van der Waals surface area contributed by atoms with E-state index >= 15 is 0 Å². The van der Waals surface area contributed by atoms with Crippen LogP contribution >= 0.6 is 0 Å². The molecule has 1 aromatic heterocycles. The summed E-state index contributed by atoms with van der Waals surface area (Å²) in [5.41, 5.74) is 2.94. The first-order valence-corrected chi connectivity index (χ1v) is 12.0. The number of benzene rings is 1. The number of pyridine rings is 1. The van der Waals surface area contributed by atoms with Crippen LogP contribution in [0, 0.1) is 0 Å². The first-order chi connectivity index (χ1) is 15.7. The largest absolute Gasteiger partial charge is 0.367 e. The minimum atomic E-state index is -0.193. The summed E-state index contributed by atoms with van der Waals surface area (Å²) in [6.45, 7) is 9.97. The van der Waals surface area contributed by atoms with Crippen molar-refractivity contribution in [2.24, 2.45) is 0 Å². The molecule has 3 heterocycles. The SMILES string of the molecule is CCN1CCN(c2ccccc2NC(=O)NCc2ccc(N3CCCCCC3)nc2)CC1. The third-order valence-electron chi connectivity index (χ3n) is 6.50. The van der Waals surface area contributed by atoms with Gasteiger partial charge < -0.3 is 25.3 Å². The number of likely N-dealkylation sites (N-methyl/N-ethyl adjacent to an activating group) is 1. The van der Waals surface area contributed by atoms with E-state index in [1.807, 2.05) is 24.4 Å². The zero-order chi connectivity index (χ0) is 22.2. The number of aromatic nitrogens is 1. The fourth-order valence-electron chi connectivity index (χ4n) is 4.52. The quantitative estimate of drug-likeness (QED) is 0.719. The van der Waals surface area contributed by atoms with Crippen molar-refractivity contribution >= 4 is 23.2 Å². The summed E-state index contributed by atoms with van der Waals surface area (Å²) < 4.78 is 0. The van der Waals surface area contributed by atoms with Crippen LogP contribution in [0.2, 0.25) is 0 Å². The molecular weight excluding hydrogens is 400 g/mol. The zero-order valence-corrected chi connectivity index (χ0v) is 19.2. The third kappa shape index (κ3) is 5.91. The molecular formula is C25H36N6O. The van der Waals surface area contributed by atoms with Crippen LogP contribution in [0.5, 0.6) is 0 Å². The number of piperazine rings is 1. The van der Waals surface area contributed by atoms with Crippen molar-refractivity contribution in [2.75, 3.05) is 60.9 Å². The van der Waals surface area contributed by atoms with Gasteiger partial charge in [0.15, 0.2) is 0 Å². The third-order valence-corrected chi connectivity index (χ3v) is 6.50. The first-order valence-electron chi connectivity index (χ1n) is 12.0. The fourth-order valence-corrected chi connectivity index (χ4v) is 4.52. The van der Waals surface area contributed by atoms with E-state index in [4.69, 9.17) is 0 Å². The van der Waals surface area contributed by atoms with Crippen LogP contribution in [0.3, 0.4) is 0 Å². The Morgan fingerprint density at radius 3 is 2.34 bits per heavy atom. The monoisotopic (exact) mass is 436 g/mol. The van der Waals surface area contributed by atoms with Crippen molar-refractivity contribution in [1.82, 2.24) is 15.2 Å². The van der Waals surface area contributed by atoms with Gasteiger partial charge >= 0.3 is 6.03 Å². The van der Waals surface area contributed by atoms with Crippen LogP contribution in [0.15, 0.2) is 42.6 Å². The second kappa shape index (κ2) is 11.2. The van der Waals surface area contributed by atoms with E-state index in [2.05, 4.69) is 55.4 Å². The van der Waals surface area contributed by atoms with E-state index in [1.54, 1.807) is 0 Å². The van der Waals surface area contributed by atoms with Crippen LogP contribution in [-0.2, 0) is 6.54 Å². The van der Waals surface area contributed by atoms with Crippen molar-refractivity contribution < 1.29 is 4.79 Å². The molecule has 0 bridgehead atoms. The maximum Gasteiger partial charge on any atom is 0.319 e. The molecule has 0 spiro atoms. The maximum absolute atomic E-state index is 12.6. The molecule has 2 aliphatic heterocycles. The number of urea groups is 1. The zero-order valence-electron chi connectivity index (χ0n) is 19.2. The molecule has 0 aliphatic carbocycles. The van der Waals surface area contributed by atoms with Gasteiger partial charge in [0, 0.05) is 52.0 Å². The lowest BCUT2D eigenvalue weighted by molar-refractivity contribution is 0.251. The predicted molar refractivity (Wildman–Crippen MR) is 132 cm³/mol. The summed E-state index contributed by atoms with van der Waals surface area (Å²) >= 11 is 0. The molecule has 2 amide bonds. The van der Waals surface area contributed by atoms with Crippen LogP contribution in [0.4, 0.5) is 22.0 Å². The summed E-state index contributed by atoms with van der Waals surface area (Å²) in [5.74, 6) is 1.04. The van der Waals surface area contributed by atoms with E-state index in [0.29, 0.717) is 6.54 Å². The van der Waals surface area contributed by atoms with Gasteiger partial charge in [-0.1, -0.05) is 38.0 Å². The summed E-state index contributed by atoms with van der Waals surface area (Å²) in [5, 5.41) is 6.01. The number of nitrogens with zero attached hydrogens (tertiary/aromatic N) is 4. The summed E-state index contributed by atoms with van der Waals surface area (Å²) in [6, 6.07) is 12.0. The number of carbonyl (C=O) groups is 1.